The summed E-state index contributed by atoms with van der Waals surface area (Å²) in [6.45, 7) is 4.85. The molecule has 0 radical (unpaired) electrons. The molecule has 1 aromatic rings. The van der Waals surface area contributed by atoms with E-state index in [2.05, 4.69) is 4.90 Å². The highest BCUT2D eigenvalue weighted by Gasteiger charge is 2.40. The van der Waals surface area contributed by atoms with Crippen LogP contribution in [0.25, 0.3) is 0 Å². The van der Waals surface area contributed by atoms with Gasteiger partial charge in [0, 0.05) is 39.0 Å². The van der Waals surface area contributed by atoms with Crippen LogP contribution in [0.5, 0.6) is 11.5 Å². The number of likely N-dealkylation sites (tertiary alicyclic amines) is 1. The molecule has 0 bridgehead atoms. The molecular formula is C20H28N2O5. The van der Waals surface area contributed by atoms with Crippen molar-refractivity contribution >= 4 is 5.91 Å². The smallest absolute Gasteiger partial charge is 0.237 e. The van der Waals surface area contributed by atoms with Gasteiger partial charge in [0.2, 0.25) is 5.91 Å². The summed E-state index contributed by atoms with van der Waals surface area (Å²) in [5.74, 6) is 1.25. The zero-order valence-corrected chi connectivity index (χ0v) is 16.2. The first kappa shape index (κ1) is 18.5. The Labute approximate surface area is 160 Å². The molecular weight excluding hydrogens is 348 g/mol. The average molecular weight is 376 g/mol. The molecule has 3 aliphatic rings. The summed E-state index contributed by atoms with van der Waals surface area (Å²) in [5.41, 5.74) is 2.37. The Balaban J connectivity index is 1.35. The van der Waals surface area contributed by atoms with E-state index in [0.717, 1.165) is 50.2 Å². The second-order valence-corrected chi connectivity index (χ2v) is 7.42. The molecule has 7 nitrogen and oxygen atoms in total. The molecule has 0 atom stereocenters. The highest BCUT2D eigenvalue weighted by molar-refractivity contribution is 5.78. The van der Waals surface area contributed by atoms with Gasteiger partial charge in [0.1, 0.15) is 0 Å². The molecule has 7 heteroatoms. The molecule has 0 N–H and O–H groups in total. The van der Waals surface area contributed by atoms with Crippen molar-refractivity contribution in [2.75, 3.05) is 53.6 Å². The molecule has 1 spiro atoms. The molecule has 3 aliphatic heterocycles. The molecule has 2 fully saturated rings. The van der Waals surface area contributed by atoms with Gasteiger partial charge in [-0.05, 0) is 29.7 Å². The number of carbonyl (C=O) groups excluding carboxylic acids is 1. The number of rotatable bonds is 4. The minimum absolute atomic E-state index is 0.180. The van der Waals surface area contributed by atoms with Crippen molar-refractivity contribution in [3.05, 3.63) is 23.3 Å². The van der Waals surface area contributed by atoms with Crippen LogP contribution in [0.15, 0.2) is 12.1 Å². The molecule has 4 rings (SSSR count). The lowest BCUT2D eigenvalue weighted by Crippen LogP contribution is -2.49. The van der Waals surface area contributed by atoms with Gasteiger partial charge in [-0.25, -0.2) is 0 Å². The van der Waals surface area contributed by atoms with E-state index in [1.807, 2.05) is 17.0 Å². The number of piperidine rings is 1. The number of hydrogen-bond donors (Lipinski definition) is 0. The number of fused-ring (bicyclic) bond motifs is 1. The highest BCUT2D eigenvalue weighted by Crippen LogP contribution is 2.34. The van der Waals surface area contributed by atoms with Crippen molar-refractivity contribution in [2.24, 2.45) is 0 Å². The van der Waals surface area contributed by atoms with Gasteiger partial charge >= 0.3 is 0 Å². The summed E-state index contributed by atoms with van der Waals surface area (Å²) >= 11 is 0. The fraction of sp³-hybridized carbons (Fsp3) is 0.650. The maximum absolute atomic E-state index is 12.8. The minimum atomic E-state index is -0.390. The molecule has 0 aromatic heterocycles. The Kier molecular flexibility index (Phi) is 5.25. The Hall–Kier alpha value is -1.83. The van der Waals surface area contributed by atoms with E-state index in [1.54, 1.807) is 14.2 Å². The van der Waals surface area contributed by atoms with Crippen molar-refractivity contribution in [1.29, 1.82) is 0 Å². The normalized spacial score (nSPS) is 21.9. The Morgan fingerprint density at radius 1 is 1.04 bits per heavy atom. The van der Waals surface area contributed by atoms with Gasteiger partial charge in [0.15, 0.2) is 17.3 Å². The molecule has 1 aromatic carbocycles. The largest absolute Gasteiger partial charge is 0.493 e. The van der Waals surface area contributed by atoms with Gasteiger partial charge < -0.3 is 23.8 Å². The lowest BCUT2D eigenvalue weighted by Gasteiger charge is -2.38. The molecule has 148 valence electrons. The summed E-state index contributed by atoms with van der Waals surface area (Å²) in [5, 5.41) is 0. The summed E-state index contributed by atoms with van der Waals surface area (Å²) in [6.07, 6.45) is 2.51. The van der Waals surface area contributed by atoms with Crippen LogP contribution < -0.4 is 9.47 Å². The number of nitrogens with zero attached hydrogens (tertiary/aromatic N) is 2. The number of benzene rings is 1. The number of carbonyl (C=O) groups is 1. The molecule has 0 saturated carbocycles. The first-order valence-electron chi connectivity index (χ1n) is 9.64. The Bertz CT molecular complexity index is 692. The van der Waals surface area contributed by atoms with E-state index in [-0.39, 0.29) is 11.7 Å². The zero-order valence-electron chi connectivity index (χ0n) is 16.2. The SMILES string of the molecule is COc1cc2c(cc1OC)CN(C(=O)CN1CCC3(CC1)OCCO3)CC2. The quantitative estimate of drug-likeness (QED) is 0.792. The zero-order chi connectivity index (χ0) is 18.9. The summed E-state index contributed by atoms with van der Waals surface area (Å²) < 4.78 is 22.3. The number of amides is 1. The van der Waals surface area contributed by atoms with Crippen LogP contribution in [0.4, 0.5) is 0 Å². The Morgan fingerprint density at radius 3 is 2.30 bits per heavy atom. The van der Waals surface area contributed by atoms with Gasteiger partial charge in [0.05, 0.1) is 34.0 Å². The van der Waals surface area contributed by atoms with Crippen LogP contribution in [0.1, 0.15) is 24.0 Å². The van der Waals surface area contributed by atoms with E-state index >= 15 is 0 Å². The third-order valence-corrected chi connectivity index (χ3v) is 5.86. The standard InChI is InChI=1S/C20H28N2O5/c1-24-17-11-15-3-6-22(13-16(15)12-18(17)25-2)19(23)14-21-7-4-20(5-8-21)26-9-10-27-20/h11-12H,3-10,13-14H2,1-2H3. The van der Waals surface area contributed by atoms with E-state index in [9.17, 15) is 4.79 Å². The number of ether oxygens (including phenoxy) is 4. The summed E-state index contributed by atoms with van der Waals surface area (Å²) in [6, 6.07) is 4.02. The molecule has 0 aliphatic carbocycles. The second kappa shape index (κ2) is 7.66. The van der Waals surface area contributed by atoms with Gasteiger partial charge in [-0.3, -0.25) is 9.69 Å². The first-order chi connectivity index (χ1) is 13.1. The molecule has 0 unspecified atom stereocenters. The van der Waals surface area contributed by atoms with E-state index < -0.39 is 0 Å². The minimum Gasteiger partial charge on any atom is -0.493 e. The summed E-state index contributed by atoms with van der Waals surface area (Å²) in [7, 11) is 3.28. The number of methoxy groups -OCH3 is 2. The van der Waals surface area contributed by atoms with Crippen LogP contribution in [-0.4, -0.2) is 75.1 Å². The van der Waals surface area contributed by atoms with Crippen LogP contribution >= 0.6 is 0 Å². The van der Waals surface area contributed by atoms with E-state index in [0.29, 0.717) is 32.1 Å². The van der Waals surface area contributed by atoms with Gasteiger partial charge in [-0.2, -0.15) is 0 Å². The monoisotopic (exact) mass is 376 g/mol. The second-order valence-electron chi connectivity index (χ2n) is 7.42. The predicted molar refractivity (Wildman–Crippen MR) is 99.0 cm³/mol. The fourth-order valence-corrected chi connectivity index (χ4v) is 4.22. The molecule has 3 heterocycles. The van der Waals surface area contributed by atoms with Crippen molar-refractivity contribution in [3.8, 4) is 11.5 Å². The van der Waals surface area contributed by atoms with Crippen molar-refractivity contribution in [1.82, 2.24) is 9.80 Å². The molecule has 27 heavy (non-hydrogen) atoms. The van der Waals surface area contributed by atoms with Crippen molar-refractivity contribution in [2.45, 2.75) is 31.6 Å². The van der Waals surface area contributed by atoms with Crippen LogP contribution in [0.2, 0.25) is 0 Å². The lowest BCUT2D eigenvalue weighted by molar-refractivity contribution is -0.186. The first-order valence-corrected chi connectivity index (χ1v) is 9.64. The van der Waals surface area contributed by atoms with E-state index in [4.69, 9.17) is 18.9 Å². The average Bonchev–Trinajstić information content (AvgIpc) is 3.16. The van der Waals surface area contributed by atoms with Crippen molar-refractivity contribution in [3.63, 3.8) is 0 Å². The van der Waals surface area contributed by atoms with Gasteiger partial charge in [-0.1, -0.05) is 0 Å². The maximum Gasteiger partial charge on any atom is 0.237 e. The van der Waals surface area contributed by atoms with Crippen LogP contribution in [-0.2, 0) is 27.2 Å². The predicted octanol–water partition coefficient (Wildman–Crippen LogP) is 1.43. The topological polar surface area (TPSA) is 60.5 Å². The third-order valence-electron chi connectivity index (χ3n) is 5.86. The Morgan fingerprint density at radius 2 is 1.67 bits per heavy atom. The maximum atomic E-state index is 12.8. The van der Waals surface area contributed by atoms with Gasteiger partial charge in [-0.15, -0.1) is 0 Å². The summed E-state index contributed by atoms with van der Waals surface area (Å²) in [4.78, 5) is 17.0. The molecule has 2 saturated heterocycles. The van der Waals surface area contributed by atoms with Gasteiger partial charge in [0.25, 0.3) is 0 Å². The molecule has 1 amide bonds. The number of hydrogen-bond acceptors (Lipinski definition) is 6. The van der Waals surface area contributed by atoms with Crippen LogP contribution in [0.3, 0.4) is 0 Å². The lowest BCUT2D eigenvalue weighted by atomic mass is 9.98. The third kappa shape index (κ3) is 3.77. The van der Waals surface area contributed by atoms with Crippen LogP contribution in [0, 0.1) is 0 Å². The highest BCUT2D eigenvalue weighted by atomic mass is 16.7. The van der Waals surface area contributed by atoms with Crippen molar-refractivity contribution < 1.29 is 23.7 Å². The fourth-order valence-electron chi connectivity index (χ4n) is 4.22. The van der Waals surface area contributed by atoms with E-state index in [1.165, 1.54) is 5.56 Å².